The average Bonchev–Trinajstić information content (AvgIpc) is 1.61. The number of aryl methyl sites for hydroxylation is 5. The molecule has 114 heavy (non-hydrogen) atoms. The number of ether oxygens (including phenoxy) is 4. The summed E-state index contributed by atoms with van der Waals surface area (Å²) >= 11 is 11.4. The minimum absolute atomic E-state index is 0.00710. The van der Waals surface area contributed by atoms with Crippen LogP contribution in [0.25, 0.3) is 11.4 Å². The molecular weight excluding hydrogens is 1500 g/mol. The summed E-state index contributed by atoms with van der Waals surface area (Å²) in [5, 5.41) is 6.03. The molecule has 596 valence electrons. The number of carbonyl (C=O) groups is 5. The number of halogens is 5. The van der Waals surface area contributed by atoms with Gasteiger partial charge in [-0.3, -0.25) is 33.1 Å². The van der Waals surface area contributed by atoms with Gasteiger partial charge in [0, 0.05) is 47.9 Å². The monoisotopic (exact) mass is 1590 g/mol. The number of hydrogen-bond acceptors (Lipinski definition) is 12. The van der Waals surface area contributed by atoms with Gasteiger partial charge in [-0.25, -0.2) is 27.5 Å². The predicted molar refractivity (Wildman–Crippen MR) is 438 cm³/mol. The molecule has 8 aromatic carbocycles. The highest BCUT2D eigenvalue weighted by atomic mass is 35.5. The molecule has 0 saturated heterocycles. The molecule has 4 atom stereocenters. The van der Waals surface area contributed by atoms with E-state index in [-0.39, 0.29) is 94.4 Å². The maximum absolute atomic E-state index is 13.6. The van der Waals surface area contributed by atoms with E-state index in [0.717, 1.165) is 40.5 Å². The van der Waals surface area contributed by atoms with E-state index in [2.05, 4.69) is 76.0 Å². The Hall–Kier alpha value is -11.4. The minimum atomic E-state index is -0.467. The molecule has 6 heterocycles. The number of amides is 5. The zero-order chi connectivity index (χ0) is 82.6. The van der Waals surface area contributed by atoms with E-state index in [0.29, 0.717) is 133 Å². The van der Waals surface area contributed by atoms with Crippen molar-refractivity contribution in [2.45, 2.75) is 155 Å². The van der Waals surface area contributed by atoms with Gasteiger partial charge in [0.25, 0.3) is 23.6 Å². The van der Waals surface area contributed by atoms with Crippen LogP contribution in [0.2, 0.25) is 5.02 Å². The molecule has 2 aromatic heterocycles. The number of fused-ring (bicyclic) bond motifs is 8. The van der Waals surface area contributed by atoms with Crippen LogP contribution in [-0.4, -0.2) is 110 Å². The van der Waals surface area contributed by atoms with Crippen LogP contribution in [-0.2, 0) is 17.9 Å². The normalized spacial score (nSPS) is 14.8. The van der Waals surface area contributed by atoms with Gasteiger partial charge in [-0.15, -0.1) is 0 Å². The number of benzene rings is 8. The second-order valence-electron chi connectivity index (χ2n) is 30.6. The van der Waals surface area contributed by atoms with Crippen LogP contribution < -0.4 is 29.6 Å². The van der Waals surface area contributed by atoms with Gasteiger partial charge in [0.05, 0.1) is 74.6 Å². The van der Waals surface area contributed by atoms with Crippen molar-refractivity contribution < 1.29 is 60.5 Å². The van der Waals surface area contributed by atoms with Gasteiger partial charge in [-0.05, 0) is 248 Å². The van der Waals surface area contributed by atoms with E-state index < -0.39 is 5.82 Å². The Balaban J connectivity index is 0.000000150. The molecule has 0 spiro atoms. The third kappa shape index (κ3) is 18.8. The van der Waals surface area contributed by atoms with Crippen molar-refractivity contribution in [1.29, 1.82) is 0 Å². The van der Waals surface area contributed by atoms with Gasteiger partial charge in [-0.1, -0.05) is 79.2 Å². The largest absolute Gasteiger partial charge is 0.457 e. The highest BCUT2D eigenvalue weighted by Gasteiger charge is 2.37. The van der Waals surface area contributed by atoms with Gasteiger partial charge in [-0.2, -0.15) is 0 Å². The Bertz CT molecular complexity index is 5010. The molecule has 4 unspecified atom stereocenters. The molecule has 2 N–H and O–H groups in total. The Labute approximate surface area is 673 Å². The molecule has 10 aromatic rings. The smallest absolute Gasteiger partial charge is 0.256 e. The van der Waals surface area contributed by atoms with E-state index in [1.54, 1.807) is 97.3 Å². The third-order valence-electron chi connectivity index (χ3n) is 21.2. The van der Waals surface area contributed by atoms with Crippen molar-refractivity contribution in [2.75, 3.05) is 23.7 Å². The number of carbonyl (C=O) groups excluding carboxylic acids is 5. The zero-order valence-electron chi connectivity index (χ0n) is 67.0. The molecular formula is C89H95ClF4N10O9S. The summed E-state index contributed by atoms with van der Waals surface area (Å²) in [7, 11) is 0. The molecule has 0 radical (unpaired) electrons. The maximum atomic E-state index is 13.6. The highest BCUT2D eigenvalue weighted by molar-refractivity contribution is 7.80. The SMILES string of the molecule is CC(C)C(C)N1CC(=O)Nc2ccc(Oc3ccc(F)cc3Cl)cc2C1=O.Cc1cc(F)ccc1Oc1ccc2c(c1)C(=O)N(C(C)C(C)C)CC(=S)N2.Cc1cc(F)ccc1Oc1ccc2c(c1)C(=O)N(C(C)C(C)C)Cc1ncc(C)n1-2.Cc1cc(F)ccc1Oc1ccc2c(c1)C(=O)N(C(C)C(C)C)Cc1ncc(C)n1-2. The van der Waals surface area contributed by atoms with Crippen molar-refractivity contribution in [1.82, 2.24) is 38.7 Å². The first-order valence-electron chi connectivity index (χ1n) is 38.0. The van der Waals surface area contributed by atoms with Crippen LogP contribution in [0, 0.1) is 81.6 Å². The van der Waals surface area contributed by atoms with Gasteiger partial charge in [0.15, 0.2) is 0 Å². The van der Waals surface area contributed by atoms with Crippen LogP contribution >= 0.6 is 23.8 Å². The zero-order valence-corrected chi connectivity index (χ0v) is 68.6. The van der Waals surface area contributed by atoms with Crippen LogP contribution in [0.5, 0.6) is 46.0 Å². The second-order valence-corrected chi connectivity index (χ2v) is 31.5. The lowest BCUT2D eigenvalue weighted by Crippen LogP contribution is -2.43. The van der Waals surface area contributed by atoms with E-state index in [9.17, 15) is 41.5 Å². The Morgan fingerprint density at radius 3 is 1.04 bits per heavy atom. The maximum Gasteiger partial charge on any atom is 0.256 e. The number of imidazole rings is 2. The first kappa shape index (κ1) is 83.6. The van der Waals surface area contributed by atoms with E-state index in [1.807, 2.05) is 97.1 Å². The lowest BCUT2D eigenvalue weighted by Gasteiger charge is -2.30. The van der Waals surface area contributed by atoms with Crippen molar-refractivity contribution in [3.63, 3.8) is 0 Å². The predicted octanol–water partition coefficient (Wildman–Crippen LogP) is 20.7. The number of aromatic nitrogens is 4. The van der Waals surface area contributed by atoms with Crippen molar-refractivity contribution in [2.24, 2.45) is 23.7 Å². The number of anilines is 2. The standard InChI is InChI=1S/2C24H26FN3O2.C21H23FN2O2S.C20H20ClFN2O3/c2*1-14(2)17(5)27-13-23-26-12-16(4)28(23)21-8-7-19(11-20(21)24(27)29)30-22-9-6-18(25)10-15(22)3;1-12(2)14(4)24-11-20(27)23-18-7-6-16(10-17(18)21(24)25)26-19-8-5-15(22)9-13(19)3;1-11(2)12(3)24-10-19(25)23-17-6-5-14(9-15(17)20(24)26)27-18-7-4-13(22)8-16(18)21/h2*6-12,14,17H,13H2,1-5H3;5-10,12,14H,11H2,1-4H3,(H,23,27);4-9,11-12H,10H2,1-3H3,(H,23,25). The Kier molecular flexibility index (Phi) is 25.9. The molecule has 19 nitrogen and oxygen atoms in total. The first-order chi connectivity index (χ1) is 54.0. The van der Waals surface area contributed by atoms with Crippen LogP contribution in [0.3, 0.4) is 0 Å². The molecule has 0 bridgehead atoms. The minimum Gasteiger partial charge on any atom is -0.457 e. The van der Waals surface area contributed by atoms with Gasteiger partial charge in [0.1, 0.15) is 87.5 Å². The van der Waals surface area contributed by atoms with Gasteiger partial charge in [0.2, 0.25) is 5.91 Å². The molecule has 0 saturated carbocycles. The summed E-state index contributed by atoms with van der Waals surface area (Å²) in [4.78, 5) is 82.3. The molecule has 0 aliphatic carbocycles. The summed E-state index contributed by atoms with van der Waals surface area (Å²) in [6.45, 7) is 35.3. The van der Waals surface area contributed by atoms with E-state index >= 15 is 0 Å². The number of nitrogens with one attached hydrogen (secondary N) is 2. The van der Waals surface area contributed by atoms with Crippen LogP contribution in [0.15, 0.2) is 158 Å². The fourth-order valence-electron chi connectivity index (χ4n) is 13.4. The Morgan fingerprint density at radius 1 is 0.377 bits per heavy atom. The molecule has 14 rings (SSSR count). The summed E-state index contributed by atoms with van der Waals surface area (Å²) in [5.41, 5.74) is 8.71. The lowest BCUT2D eigenvalue weighted by atomic mass is 10.0. The van der Waals surface area contributed by atoms with Crippen molar-refractivity contribution >= 4 is 69.7 Å². The highest BCUT2D eigenvalue weighted by Crippen LogP contribution is 2.39. The van der Waals surface area contributed by atoms with Crippen LogP contribution in [0.4, 0.5) is 28.9 Å². The Morgan fingerprint density at radius 2 is 0.684 bits per heavy atom. The molecule has 5 amide bonds. The lowest BCUT2D eigenvalue weighted by molar-refractivity contribution is -0.117. The number of thiocarbonyl (C=S) groups is 1. The fraction of sp³-hybridized carbons (Fsp3) is 0.326. The fourth-order valence-corrected chi connectivity index (χ4v) is 13.8. The van der Waals surface area contributed by atoms with E-state index in [1.165, 1.54) is 48.5 Å². The number of hydrogen-bond donors (Lipinski definition) is 2. The van der Waals surface area contributed by atoms with Crippen molar-refractivity contribution in [3.05, 3.63) is 248 Å². The molecule has 25 heteroatoms. The summed E-state index contributed by atoms with van der Waals surface area (Å²) in [6.07, 6.45) is 3.67. The quantitative estimate of drug-likeness (QED) is 0.0686. The average molecular weight is 1590 g/mol. The second kappa shape index (κ2) is 35.3. The third-order valence-corrected chi connectivity index (χ3v) is 21.8. The number of nitrogens with zero attached hydrogens (tertiary/aromatic N) is 8. The molecule has 4 aliphatic rings. The number of rotatable bonds is 16. The summed E-state index contributed by atoms with van der Waals surface area (Å²) in [5.74, 6) is 4.64. The summed E-state index contributed by atoms with van der Waals surface area (Å²) in [6, 6.07) is 38.0. The molecule has 0 fully saturated rings. The van der Waals surface area contributed by atoms with Gasteiger partial charge < -0.3 is 49.2 Å². The topological polar surface area (TPSA) is 195 Å². The summed E-state index contributed by atoms with van der Waals surface area (Å²) < 4.78 is 81.0. The van der Waals surface area contributed by atoms with Crippen LogP contribution in [0.1, 0.15) is 164 Å². The van der Waals surface area contributed by atoms with Gasteiger partial charge >= 0.3 is 0 Å². The molecule has 4 aliphatic heterocycles. The van der Waals surface area contributed by atoms with E-state index in [4.69, 9.17) is 42.8 Å². The van der Waals surface area contributed by atoms with Crippen molar-refractivity contribution in [3.8, 4) is 57.4 Å². The first-order valence-corrected chi connectivity index (χ1v) is 38.7.